The molecule has 6 heteroatoms. The number of rotatable bonds is 6. The van der Waals surface area contributed by atoms with Crippen LogP contribution in [0.3, 0.4) is 0 Å². The topological polar surface area (TPSA) is 63.3 Å². The van der Waals surface area contributed by atoms with Crippen LogP contribution >= 0.6 is 11.8 Å². The van der Waals surface area contributed by atoms with Crippen LogP contribution in [0.15, 0.2) is 9.52 Å². The molecule has 0 aromatic carbocycles. The number of nitrogens with zero attached hydrogens (tertiary/aromatic N) is 3. The maximum Gasteiger partial charge on any atom is 0.228 e. The number of aryl methyl sites for hydroxylation is 1. The third-order valence-electron chi connectivity index (χ3n) is 3.44. The van der Waals surface area contributed by atoms with Crippen molar-refractivity contribution in [2.24, 2.45) is 10.9 Å². The predicted molar refractivity (Wildman–Crippen MR) is 78.5 cm³/mol. The van der Waals surface area contributed by atoms with Gasteiger partial charge in [0.05, 0.1) is 6.54 Å². The molecule has 5 nitrogen and oxygen atoms in total. The summed E-state index contributed by atoms with van der Waals surface area (Å²) < 4.78 is 5.08. The number of nitrogens with one attached hydrogen (secondary N) is 1. The third-order valence-corrected chi connectivity index (χ3v) is 4.77. The largest absolute Gasteiger partial charge is 0.364 e. The van der Waals surface area contributed by atoms with Gasteiger partial charge in [-0.3, -0.25) is 4.99 Å². The van der Waals surface area contributed by atoms with E-state index in [1.54, 1.807) is 0 Å². The fourth-order valence-corrected chi connectivity index (χ4v) is 3.61. The van der Waals surface area contributed by atoms with E-state index in [1.807, 2.05) is 18.7 Å². The molecular formula is C13H22N4OS. The quantitative estimate of drug-likeness (QED) is 0.868. The fraction of sp³-hybridized carbons (Fsp3) is 0.769. The normalized spacial score (nSPS) is 18.9. The standard InChI is InChI=1S/C13H22N4OS/c1-4-10(5-2)11-8-15-13(19-11)14-7-6-12-16-9(3)17-18-12/h10-11H,4-8H2,1-3H3,(H,14,15). The van der Waals surface area contributed by atoms with Crippen molar-refractivity contribution in [3.8, 4) is 0 Å². The van der Waals surface area contributed by atoms with E-state index in [4.69, 9.17) is 4.52 Å². The lowest BCUT2D eigenvalue weighted by molar-refractivity contribution is 0.375. The minimum atomic E-state index is 0.642. The summed E-state index contributed by atoms with van der Waals surface area (Å²) in [6.07, 6.45) is 3.21. The summed E-state index contributed by atoms with van der Waals surface area (Å²) in [5, 5.41) is 8.84. The molecule has 19 heavy (non-hydrogen) atoms. The molecule has 1 aliphatic rings. The number of amidine groups is 1. The van der Waals surface area contributed by atoms with Crippen molar-refractivity contribution in [1.82, 2.24) is 15.5 Å². The average molecular weight is 282 g/mol. The number of hydrogen-bond donors (Lipinski definition) is 1. The Balaban J connectivity index is 1.70. The minimum Gasteiger partial charge on any atom is -0.364 e. The van der Waals surface area contributed by atoms with Gasteiger partial charge in [0.1, 0.15) is 0 Å². The lowest BCUT2D eigenvalue weighted by Crippen LogP contribution is -2.23. The lowest BCUT2D eigenvalue weighted by atomic mass is 9.99. The van der Waals surface area contributed by atoms with Crippen LogP contribution < -0.4 is 5.32 Å². The second-order valence-corrected chi connectivity index (χ2v) is 6.02. The van der Waals surface area contributed by atoms with E-state index in [9.17, 15) is 0 Å². The van der Waals surface area contributed by atoms with Gasteiger partial charge >= 0.3 is 0 Å². The molecule has 1 atom stereocenters. The Morgan fingerprint density at radius 3 is 2.84 bits per heavy atom. The van der Waals surface area contributed by atoms with Crippen molar-refractivity contribution in [3.05, 3.63) is 11.7 Å². The number of aromatic nitrogens is 2. The zero-order valence-electron chi connectivity index (χ0n) is 11.8. The smallest absolute Gasteiger partial charge is 0.228 e. The van der Waals surface area contributed by atoms with Gasteiger partial charge in [-0.15, -0.1) is 0 Å². The Hall–Kier alpha value is -1.04. The number of thioether (sulfide) groups is 1. The Labute approximate surface area is 118 Å². The van der Waals surface area contributed by atoms with Gasteiger partial charge in [-0.2, -0.15) is 4.98 Å². The summed E-state index contributed by atoms with van der Waals surface area (Å²) >= 11 is 1.88. The summed E-state index contributed by atoms with van der Waals surface area (Å²) in [5.41, 5.74) is 0. The Morgan fingerprint density at radius 1 is 1.42 bits per heavy atom. The van der Waals surface area contributed by atoms with Crippen molar-refractivity contribution in [1.29, 1.82) is 0 Å². The van der Waals surface area contributed by atoms with E-state index < -0.39 is 0 Å². The molecule has 0 bridgehead atoms. The molecule has 1 aliphatic heterocycles. The minimum absolute atomic E-state index is 0.642. The van der Waals surface area contributed by atoms with Crippen molar-refractivity contribution in [2.45, 2.75) is 45.3 Å². The van der Waals surface area contributed by atoms with Gasteiger partial charge in [0.2, 0.25) is 5.89 Å². The molecule has 1 aromatic rings. The number of hydrogen-bond acceptors (Lipinski definition) is 6. The van der Waals surface area contributed by atoms with Gasteiger partial charge in [0.15, 0.2) is 11.0 Å². The molecule has 2 heterocycles. The van der Waals surface area contributed by atoms with E-state index in [0.29, 0.717) is 17.0 Å². The maximum absolute atomic E-state index is 5.08. The van der Waals surface area contributed by atoms with Crippen LogP contribution in [-0.4, -0.2) is 33.6 Å². The van der Waals surface area contributed by atoms with E-state index in [-0.39, 0.29) is 0 Å². The highest BCUT2D eigenvalue weighted by Crippen LogP contribution is 2.30. The molecule has 0 spiro atoms. The highest BCUT2D eigenvalue weighted by molar-refractivity contribution is 8.14. The summed E-state index contributed by atoms with van der Waals surface area (Å²) in [5.74, 6) is 2.15. The first-order chi connectivity index (χ1) is 9.22. The molecule has 0 saturated carbocycles. The summed E-state index contributed by atoms with van der Waals surface area (Å²) in [6.45, 7) is 8.09. The first-order valence-corrected chi connectivity index (χ1v) is 7.85. The Morgan fingerprint density at radius 2 is 2.21 bits per heavy atom. The lowest BCUT2D eigenvalue weighted by Gasteiger charge is -2.18. The highest BCUT2D eigenvalue weighted by Gasteiger charge is 2.25. The summed E-state index contributed by atoms with van der Waals surface area (Å²) in [4.78, 5) is 8.75. The number of aliphatic imine (C=N–C) groups is 1. The highest BCUT2D eigenvalue weighted by atomic mass is 32.2. The van der Waals surface area contributed by atoms with Gasteiger partial charge in [-0.1, -0.05) is 43.6 Å². The van der Waals surface area contributed by atoms with Crippen LogP contribution in [-0.2, 0) is 6.42 Å². The van der Waals surface area contributed by atoms with Crippen LogP contribution in [0.4, 0.5) is 0 Å². The second-order valence-electron chi connectivity index (χ2n) is 4.79. The Bertz CT molecular complexity index is 428. The first-order valence-electron chi connectivity index (χ1n) is 6.97. The van der Waals surface area contributed by atoms with Crippen LogP contribution in [0.1, 0.15) is 38.4 Å². The third kappa shape index (κ3) is 3.96. The fourth-order valence-electron chi connectivity index (χ4n) is 2.27. The van der Waals surface area contributed by atoms with E-state index in [1.165, 1.54) is 12.8 Å². The molecule has 0 amide bonds. The maximum atomic E-state index is 5.08. The van der Waals surface area contributed by atoms with E-state index >= 15 is 0 Å². The van der Waals surface area contributed by atoms with Crippen molar-refractivity contribution < 1.29 is 4.52 Å². The second kappa shape index (κ2) is 6.93. The zero-order chi connectivity index (χ0) is 13.7. The summed E-state index contributed by atoms with van der Waals surface area (Å²) in [6, 6.07) is 0. The van der Waals surface area contributed by atoms with Crippen LogP contribution in [0, 0.1) is 12.8 Å². The van der Waals surface area contributed by atoms with Gasteiger partial charge in [0, 0.05) is 18.2 Å². The van der Waals surface area contributed by atoms with Gasteiger partial charge < -0.3 is 9.84 Å². The summed E-state index contributed by atoms with van der Waals surface area (Å²) in [7, 11) is 0. The molecule has 2 rings (SSSR count). The van der Waals surface area contributed by atoms with Crippen LogP contribution in [0.25, 0.3) is 0 Å². The van der Waals surface area contributed by atoms with E-state index in [0.717, 1.165) is 30.6 Å². The molecule has 0 saturated heterocycles. The van der Waals surface area contributed by atoms with Crippen LogP contribution in [0.2, 0.25) is 0 Å². The molecule has 0 fully saturated rings. The molecule has 106 valence electrons. The molecule has 1 N–H and O–H groups in total. The first kappa shape index (κ1) is 14.4. The average Bonchev–Trinajstić information content (AvgIpc) is 3.01. The van der Waals surface area contributed by atoms with Crippen molar-refractivity contribution in [2.75, 3.05) is 13.1 Å². The zero-order valence-corrected chi connectivity index (χ0v) is 12.7. The van der Waals surface area contributed by atoms with Gasteiger partial charge in [-0.25, -0.2) is 0 Å². The Kier molecular flexibility index (Phi) is 5.24. The predicted octanol–water partition coefficient (Wildman–Crippen LogP) is 2.42. The monoisotopic (exact) mass is 282 g/mol. The van der Waals surface area contributed by atoms with Crippen LogP contribution in [0.5, 0.6) is 0 Å². The molecule has 1 unspecified atom stereocenters. The van der Waals surface area contributed by atoms with Gasteiger partial charge in [0.25, 0.3) is 0 Å². The van der Waals surface area contributed by atoms with Crippen molar-refractivity contribution >= 4 is 16.9 Å². The van der Waals surface area contributed by atoms with Gasteiger partial charge in [-0.05, 0) is 12.8 Å². The molecule has 1 aromatic heterocycles. The molecular weight excluding hydrogens is 260 g/mol. The van der Waals surface area contributed by atoms with Crippen molar-refractivity contribution in [3.63, 3.8) is 0 Å². The SMILES string of the molecule is CCC(CC)C1CN=C(NCCc2nc(C)no2)S1. The molecule has 0 radical (unpaired) electrons. The van der Waals surface area contributed by atoms with E-state index in [2.05, 4.69) is 34.3 Å². The molecule has 0 aliphatic carbocycles.